The lowest BCUT2D eigenvalue weighted by Gasteiger charge is -2.00. The molecule has 94 valence electrons. The molecular weight excluding hydrogens is 261 g/mol. The zero-order chi connectivity index (χ0) is 13.1. The summed E-state index contributed by atoms with van der Waals surface area (Å²) in [6, 6.07) is 4.00. The maximum Gasteiger partial charge on any atom is 0.303 e. The molecule has 1 heterocycles. The van der Waals surface area contributed by atoms with Crippen molar-refractivity contribution in [3.8, 4) is 5.69 Å². The van der Waals surface area contributed by atoms with E-state index in [-0.39, 0.29) is 17.9 Å². The quantitative estimate of drug-likeness (QED) is 0.923. The van der Waals surface area contributed by atoms with Crippen LogP contribution >= 0.6 is 11.6 Å². The molecule has 0 amide bonds. The molecule has 0 spiro atoms. The van der Waals surface area contributed by atoms with Gasteiger partial charge in [-0.05, 0) is 18.2 Å². The fourth-order valence-corrected chi connectivity index (χ4v) is 1.66. The van der Waals surface area contributed by atoms with Crippen molar-refractivity contribution < 1.29 is 14.3 Å². The van der Waals surface area contributed by atoms with E-state index < -0.39 is 11.8 Å². The smallest absolute Gasteiger partial charge is 0.303 e. The minimum atomic E-state index is -0.904. The summed E-state index contributed by atoms with van der Waals surface area (Å²) in [6.07, 6.45) is 1.80. The third kappa shape index (κ3) is 3.04. The number of rotatable bonds is 4. The molecule has 0 radical (unpaired) electrons. The minimum absolute atomic E-state index is 0.0252. The fraction of sp³-hybridized carbons (Fsp3) is 0.182. The molecule has 0 aliphatic carbocycles. The topological polar surface area (TPSA) is 68.0 Å². The SMILES string of the molecule is O=C(O)CCc1cn(-c2cc(F)cc(Cl)c2)nn1. The molecule has 0 saturated heterocycles. The second-order valence-corrected chi connectivity index (χ2v) is 4.11. The summed E-state index contributed by atoms with van der Waals surface area (Å²) < 4.78 is 14.5. The number of aryl methyl sites for hydroxylation is 1. The highest BCUT2D eigenvalue weighted by Gasteiger charge is 2.07. The van der Waals surface area contributed by atoms with E-state index in [1.807, 2.05) is 0 Å². The van der Waals surface area contributed by atoms with Gasteiger partial charge in [0.1, 0.15) is 5.82 Å². The molecule has 18 heavy (non-hydrogen) atoms. The number of aromatic nitrogens is 3. The van der Waals surface area contributed by atoms with Crippen LogP contribution in [0.15, 0.2) is 24.4 Å². The first-order valence-corrected chi connectivity index (χ1v) is 5.52. The van der Waals surface area contributed by atoms with Crippen LogP contribution < -0.4 is 0 Å². The van der Waals surface area contributed by atoms with Crippen molar-refractivity contribution in [2.45, 2.75) is 12.8 Å². The fourth-order valence-electron chi connectivity index (χ4n) is 1.45. The zero-order valence-electron chi connectivity index (χ0n) is 9.18. The summed E-state index contributed by atoms with van der Waals surface area (Å²) in [5.74, 6) is -1.38. The van der Waals surface area contributed by atoms with Gasteiger partial charge in [-0.15, -0.1) is 5.10 Å². The molecule has 1 N–H and O–H groups in total. The van der Waals surface area contributed by atoms with Crippen LogP contribution in [0.25, 0.3) is 5.69 Å². The van der Waals surface area contributed by atoms with Crippen molar-refractivity contribution in [1.82, 2.24) is 15.0 Å². The number of hydrogen-bond donors (Lipinski definition) is 1. The Balaban J connectivity index is 2.21. The normalized spacial score (nSPS) is 10.6. The van der Waals surface area contributed by atoms with Gasteiger partial charge in [-0.1, -0.05) is 16.8 Å². The Hall–Kier alpha value is -1.95. The third-order valence-corrected chi connectivity index (χ3v) is 2.47. The van der Waals surface area contributed by atoms with Crippen LogP contribution in [0.2, 0.25) is 5.02 Å². The molecule has 0 bridgehead atoms. The van der Waals surface area contributed by atoms with Gasteiger partial charge in [0.05, 0.1) is 24.0 Å². The molecule has 7 heteroatoms. The Labute approximate surface area is 107 Å². The molecule has 2 rings (SSSR count). The number of nitrogens with zero attached hydrogens (tertiary/aromatic N) is 3. The van der Waals surface area contributed by atoms with Crippen LogP contribution in [0.3, 0.4) is 0 Å². The molecule has 2 aromatic rings. The zero-order valence-corrected chi connectivity index (χ0v) is 9.93. The second kappa shape index (κ2) is 5.14. The van der Waals surface area contributed by atoms with E-state index >= 15 is 0 Å². The largest absolute Gasteiger partial charge is 0.481 e. The highest BCUT2D eigenvalue weighted by Crippen LogP contribution is 2.17. The van der Waals surface area contributed by atoms with Crippen LogP contribution in [0.4, 0.5) is 4.39 Å². The third-order valence-electron chi connectivity index (χ3n) is 2.25. The maximum absolute atomic E-state index is 13.2. The van der Waals surface area contributed by atoms with Crippen molar-refractivity contribution in [2.75, 3.05) is 0 Å². The summed E-state index contributed by atoms with van der Waals surface area (Å²) >= 11 is 5.73. The first-order chi connectivity index (χ1) is 8.54. The van der Waals surface area contributed by atoms with Gasteiger partial charge in [0.2, 0.25) is 0 Å². The van der Waals surface area contributed by atoms with Gasteiger partial charge in [0.15, 0.2) is 0 Å². The first-order valence-electron chi connectivity index (χ1n) is 5.14. The minimum Gasteiger partial charge on any atom is -0.481 e. The van der Waals surface area contributed by atoms with Crippen molar-refractivity contribution in [2.24, 2.45) is 0 Å². The van der Waals surface area contributed by atoms with Crippen LogP contribution in [0, 0.1) is 5.82 Å². The summed E-state index contributed by atoms with van der Waals surface area (Å²) in [5, 5.41) is 16.4. The molecule has 0 saturated carbocycles. The standard InChI is InChI=1S/C11H9ClFN3O2/c12-7-3-8(13)5-10(4-7)16-6-9(14-15-16)1-2-11(17)18/h3-6H,1-2H2,(H,17,18). The van der Waals surface area contributed by atoms with Gasteiger partial charge in [-0.2, -0.15) is 0 Å². The summed E-state index contributed by atoms with van der Waals surface area (Å²) in [7, 11) is 0. The predicted octanol–water partition coefficient (Wildman–Crippen LogP) is 2.08. The Kier molecular flexibility index (Phi) is 3.57. The number of carbonyl (C=O) groups is 1. The molecule has 0 atom stereocenters. The van der Waals surface area contributed by atoms with Crippen molar-refractivity contribution in [3.05, 3.63) is 40.9 Å². The molecule has 0 aliphatic rings. The van der Waals surface area contributed by atoms with E-state index in [1.165, 1.54) is 16.8 Å². The molecule has 0 unspecified atom stereocenters. The van der Waals surface area contributed by atoms with Crippen molar-refractivity contribution in [3.63, 3.8) is 0 Å². The average Bonchev–Trinajstić information content (AvgIpc) is 2.73. The van der Waals surface area contributed by atoms with E-state index in [0.29, 0.717) is 11.4 Å². The van der Waals surface area contributed by atoms with Crippen LogP contribution in [0.1, 0.15) is 12.1 Å². The van der Waals surface area contributed by atoms with Crippen molar-refractivity contribution >= 4 is 17.6 Å². The molecular formula is C11H9ClFN3O2. The van der Waals surface area contributed by atoms with Gasteiger partial charge >= 0.3 is 5.97 Å². The highest BCUT2D eigenvalue weighted by atomic mass is 35.5. The number of hydrogen-bond acceptors (Lipinski definition) is 3. The van der Waals surface area contributed by atoms with Gasteiger partial charge < -0.3 is 5.11 Å². The van der Waals surface area contributed by atoms with Gasteiger partial charge in [0.25, 0.3) is 0 Å². The number of carboxylic acid groups (broad SMARTS) is 1. The van der Waals surface area contributed by atoms with Crippen LogP contribution in [-0.2, 0) is 11.2 Å². The average molecular weight is 270 g/mol. The van der Waals surface area contributed by atoms with E-state index in [2.05, 4.69) is 10.3 Å². The van der Waals surface area contributed by atoms with Crippen molar-refractivity contribution in [1.29, 1.82) is 0 Å². The molecule has 1 aromatic heterocycles. The number of carboxylic acids is 1. The predicted molar refractivity (Wildman–Crippen MR) is 62.3 cm³/mol. The Morgan fingerprint density at radius 2 is 2.22 bits per heavy atom. The van der Waals surface area contributed by atoms with Gasteiger partial charge in [0, 0.05) is 11.4 Å². The van der Waals surface area contributed by atoms with Gasteiger partial charge in [-0.25, -0.2) is 9.07 Å². The number of halogens is 2. The summed E-state index contributed by atoms with van der Waals surface area (Å²) in [4.78, 5) is 10.4. The van der Waals surface area contributed by atoms with Gasteiger partial charge in [-0.3, -0.25) is 4.79 Å². The first kappa shape index (κ1) is 12.5. The van der Waals surface area contributed by atoms with E-state index in [1.54, 1.807) is 12.3 Å². The molecule has 0 fully saturated rings. The molecule has 1 aromatic carbocycles. The number of benzene rings is 1. The highest BCUT2D eigenvalue weighted by molar-refractivity contribution is 6.30. The monoisotopic (exact) mass is 269 g/mol. The second-order valence-electron chi connectivity index (χ2n) is 3.68. The lowest BCUT2D eigenvalue weighted by atomic mass is 10.2. The summed E-state index contributed by atoms with van der Waals surface area (Å²) in [5.41, 5.74) is 0.965. The Bertz CT molecular complexity index is 565. The Morgan fingerprint density at radius 1 is 1.44 bits per heavy atom. The lowest BCUT2D eigenvalue weighted by Crippen LogP contribution is -1.97. The van der Waals surface area contributed by atoms with E-state index in [4.69, 9.17) is 16.7 Å². The number of aliphatic carboxylic acids is 1. The molecule has 5 nitrogen and oxygen atoms in total. The van der Waals surface area contributed by atoms with Crippen LogP contribution in [-0.4, -0.2) is 26.1 Å². The van der Waals surface area contributed by atoms with E-state index in [0.717, 1.165) is 0 Å². The maximum atomic E-state index is 13.2. The summed E-state index contributed by atoms with van der Waals surface area (Å²) in [6.45, 7) is 0. The Morgan fingerprint density at radius 3 is 2.89 bits per heavy atom. The van der Waals surface area contributed by atoms with Crippen LogP contribution in [0.5, 0.6) is 0 Å². The lowest BCUT2D eigenvalue weighted by molar-refractivity contribution is -0.136. The van der Waals surface area contributed by atoms with E-state index in [9.17, 15) is 9.18 Å². The molecule has 0 aliphatic heterocycles.